The highest BCUT2D eigenvalue weighted by Gasteiger charge is 2.17. The average molecular weight is 365 g/mol. The normalized spacial score (nSPS) is 11.6. The van der Waals surface area contributed by atoms with Gasteiger partial charge in [-0.05, 0) is 30.3 Å². The fraction of sp³-hybridized carbons (Fsp3) is 0.0556. The number of benzene rings is 1. The van der Waals surface area contributed by atoms with Gasteiger partial charge >= 0.3 is 0 Å². The molecule has 0 unspecified atom stereocenters. The van der Waals surface area contributed by atoms with Crippen molar-refractivity contribution in [1.82, 2.24) is 19.7 Å². The molecule has 3 heterocycles. The average Bonchev–Trinajstić information content (AvgIpc) is 3.04. The van der Waals surface area contributed by atoms with Crippen molar-refractivity contribution in [3.63, 3.8) is 0 Å². The van der Waals surface area contributed by atoms with Crippen LogP contribution in [0.5, 0.6) is 0 Å². The van der Waals surface area contributed by atoms with Crippen LogP contribution in [0.4, 0.5) is 5.69 Å². The summed E-state index contributed by atoms with van der Waals surface area (Å²) in [6, 6.07) is 12.2. The van der Waals surface area contributed by atoms with E-state index in [1.807, 2.05) is 18.2 Å². The highest BCUT2D eigenvalue weighted by atomic mass is 32.2. The van der Waals surface area contributed by atoms with Gasteiger partial charge < -0.3 is 0 Å². The van der Waals surface area contributed by atoms with Crippen molar-refractivity contribution in [3.05, 3.63) is 67.3 Å². The minimum atomic E-state index is -3.76. The van der Waals surface area contributed by atoms with E-state index in [9.17, 15) is 8.42 Å². The van der Waals surface area contributed by atoms with Gasteiger partial charge in [-0.25, -0.2) is 8.42 Å². The second-order valence-electron chi connectivity index (χ2n) is 5.73. The molecule has 4 aromatic rings. The van der Waals surface area contributed by atoms with Crippen LogP contribution in [-0.2, 0) is 17.1 Å². The van der Waals surface area contributed by atoms with Gasteiger partial charge in [-0.3, -0.25) is 19.4 Å². The van der Waals surface area contributed by atoms with Crippen LogP contribution in [0.15, 0.2) is 72.1 Å². The molecule has 0 saturated heterocycles. The van der Waals surface area contributed by atoms with E-state index in [0.717, 1.165) is 16.5 Å². The molecule has 1 N–H and O–H groups in total. The molecule has 0 aliphatic carbocycles. The Bertz CT molecular complexity index is 1170. The second-order valence-corrected chi connectivity index (χ2v) is 7.41. The summed E-state index contributed by atoms with van der Waals surface area (Å²) in [4.78, 5) is 8.32. The monoisotopic (exact) mass is 365 g/mol. The van der Waals surface area contributed by atoms with Crippen LogP contribution < -0.4 is 4.72 Å². The van der Waals surface area contributed by atoms with Crippen LogP contribution in [0.3, 0.4) is 0 Å². The van der Waals surface area contributed by atoms with Gasteiger partial charge in [0.05, 0.1) is 23.1 Å². The minimum absolute atomic E-state index is 0.0921. The summed E-state index contributed by atoms with van der Waals surface area (Å²) in [5.41, 5.74) is 2.75. The molecule has 0 aliphatic rings. The molecule has 1 aromatic carbocycles. The van der Waals surface area contributed by atoms with Crippen molar-refractivity contribution in [1.29, 1.82) is 0 Å². The molecular formula is C18H15N5O2S. The Morgan fingerprint density at radius 3 is 2.54 bits per heavy atom. The van der Waals surface area contributed by atoms with Crippen LogP contribution in [0.1, 0.15) is 0 Å². The topological polar surface area (TPSA) is 89.8 Å². The highest BCUT2D eigenvalue weighted by Crippen LogP contribution is 2.25. The van der Waals surface area contributed by atoms with Gasteiger partial charge in [0.1, 0.15) is 4.90 Å². The molecule has 26 heavy (non-hydrogen) atoms. The van der Waals surface area contributed by atoms with E-state index >= 15 is 0 Å². The Balaban J connectivity index is 1.67. The van der Waals surface area contributed by atoms with Crippen LogP contribution in [0.2, 0.25) is 0 Å². The Morgan fingerprint density at radius 2 is 1.81 bits per heavy atom. The number of para-hydroxylation sites is 1. The van der Waals surface area contributed by atoms with Gasteiger partial charge in [0.15, 0.2) is 0 Å². The maximum absolute atomic E-state index is 12.7. The summed E-state index contributed by atoms with van der Waals surface area (Å²) >= 11 is 0. The van der Waals surface area contributed by atoms with Gasteiger partial charge in [-0.1, -0.05) is 12.1 Å². The lowest BCUT2D eigenvalue weighted by Gasteiger charge is -2.10. The van der Waals surface area contributed by atoms with Gasteiger partial charge in [0.25, 0.3) is 10.0 Å². The fourth-order valence-corrected chi connectivity index (χ4v) is 3.76. The number of aryl methyl sites for hydroxylation is 1. The van der Waals surface area contributed by atoms with Crippen molar-refractivity contribution >= 4 is 26.6 Å². The maximum Gasteiger partial charge on any atom is 0.263 e. The van der Waals surface area contributed by atoms with E-state index in [-0.39, 0.29) is 4.90 Å². The van der Waals surface area contributed by atoms with Crippen molar-refractivity contribution in [2.75, 3.05) is 4.72 Å². The fourth-order valence-electron chi connectivity index (χ4n) is 2.75. The molecule has 0 aliphatic heterocycles. The molecule has 4 rings (SSSR count). The number of anilines is 1. The van der Waals surface area contributed by atoms with Gasteiger partial charge in [0, 0.05) is 36.6 Å². The molecule has 3 aromatic heterocycles. The Labute approximate surface area is 150 Å². The predicted octanol–water partition coefficient (Wildman–Crippen LogP) is 2.83. The number of hydrogen-bond acceptors (Lipinski definition) is 5. The molecule has 130 valence electrons. The summed E-state index contributed by atoms with van der Waals surface area (Å²) in [5.74, 6) is 0. The first-order chi connectivity index (χ1) is 12.5. The van der Waals surface area contributed by atoms with Crippen molar-refractivity contribution in [2.24, 2.45) is 7.05 Å². The van der Waals surface area contributed by atoms with Crippen LogP contribution in [0.25, 0.3) is 22.2 Å². The molecule has 0 saturated carbocycles. The van der Waals surface area contributed by atoms with Crippen LogP contribution >= 0.6 is 0 Å². The summed E-state index contributed by atoms with van der Waals surface area (Å²) in [7, 11) is -2.00. The first kappa shape index (κ1) is 16.2. The Morgan fingerprint density at radius 1 is 1.00 bits per heavy atom. The largest absolute Gasteiger partial charge is 0.277 e. The van der Waals surface area contributed by atoms with Crippen LogP contribution in [0, 0.1) is 0 Å². The van der Waals surface area contributed by atoms with Crippen molar-refractivity contribution in [2.45, 2.75) is 4.90 Å². The van der Waals surface area contributed by atoms with Crippen molar-refractivity contribution < 1.29 is 8.42 Å². The number of sulfonamides is 1. The van der Waals surface area contributed by atoms with E-state index in [2.05, 4.69) is 19.8 Å². The van der Waals surface area contributed by atoms with Gasteiger partial charge in [0.2, 0.25) is 0 Å². The lowest BCUT2D eigenvalue weighted by molar-refractivity contribution is 0.601. The van der Waals surface area contributed by atoms with E-state index in [1.165, 1.54) is 12.3 Å². The van der Waals surface area contributed by atoms with Gasteiger partial charge in [-0.15, -0.1) is 0 Å². The number of fused-ring (bicyclic) bond motifs is 1. The van der Waals surface area contributed by atoms with E-state index in [4.69, 9.17) is 0 Å². The first-order valence-corrected chi connectivity index (χ1v) is 9.33. The first-order valence-electron chi connectivity index (χ1n) is 7.84. The maximum atomic E-state index is 12.7. The molecule has 0 spiro atoms. The minimum Gasteiger partial charge on any atom is -0.277 e. The van der Waals surface area contributed by atoms with Gasteiger partial charge in [-0.2, -0.15) is 5.10 Å². The smallest absolute Gasteiger partial charge is 0.263 e. The van der Waals surface area contributed by atoms with E-state index < -0.39 is 10.0 Å². The van der Waals surface area contributed by atoms with E-state index in [1.54, 1.807) is 48.5 Å². The molecule has 8 heteroatoms. The number of aromatic nitrogens is 4. The molecule has 0 bridgehead atoms. The zero-order chi connectivity index (χ0) is 18.1. The van der Waals surface area contributed by atoms with Crippen LogP contribution in [-0.4, -0.2) is 28.2 Å². The number of nitrogens with zero attached hydrogens (tertiary/aromatic N) is 4. The molecule has 7 nitrogen and oxygen atoms in total. The summed E-state index contributed by atoms with van der Waals surface area (Å²) in [6.07, 6.45) is 6.37. The number of rotatable bonds is 4. The Kier molecular flexibility index (Phi) is 3.89. The number of hydrogen-bond donors (Lipinski definition) is 1. The summed E-state index contributed by atoms with van der Waals surface area (Å²) < 4.78 is 29.7. The third-order valence-corrected chi connectivity index (χ3v) is 5.38. The number of pyridine rings is 2. The van der Waals surface area contributed by atoms with Crippen molar-refractivity contribution in [3.8, 4) is 11.3 Å². The summed E-state index contributed by atoms with van der Waals surface area (Å²) in [6.45, 7) is 0. The molecule has 0 fully saturated rings. The standard InChI is InChI=1S/C18H15N5O2S/c1-23-18-14(11-21-23)3-2-4-17(18)22-26(24,25)15-5-6-16(20-12-15)13-7-9-19-10-8-13/h2-12,22H,1H3. The predicted molar refractivity (Wildman–Crippen MR) is 99.0 cm³/mol. The molecule has 0 radical (unpaired) electrons. The molecule has 0 amide bonds. The zero-order valence-corrected chi connectivity index (χ0v) is 14.7. The highest BCUT2D eigenvalue weighted by molar-refractivity contribution is 7.92. The third kappa shape index (κ3) is 2.91. The zero-order valence-electron chi connectivity index (χ0n) is 13.9. The number of nitrogens with one attached hydrogen (secondary N) is 1. The lowest BCUT2D eigenvalue weighted by atomic mass is 10.2. The lowest BCUT2D eigenvalue weighted by Crippen LogP contribution is -2.14. The Hall–Kier alpha value is -3.26. The second kappa shape index (κ2) is 6.23. The summed E-state index contributed by atoms with van der Waals surface area (Å²) in [5, 5.41) is 5.03. The quantitative estimate of drug-likeness (QED) is 0.601. The molecule has 0 atom stereocenters. The SMILES string of the molecule is Cn1ncc2cccc(NS(=O)(=O)c3ccc(-c4ccncc4)nc3)c21. The van der Waals surface area contributed by atoms with E-state index in [0.29, 0.717) is 11.4 Å². The third-order valence-electron chi connectivity index (χ3n) is 4.03. The molecular weight excluding hydrogens is 350 g/mol.